The maximum absolute atomic E-state index is 5.56. The molecular formula is C23H36N6O3. The average molecular weight is 445 g/mol. The summed E-state index contributed by atoms with van der Waals surface area (Å²) in [5.41, 5.74) is 1.05. The minimum atomic E-state index is -0.179. The van der Waals surface area contributed by atoms with Crippen LogP contribution >= 0.6 is 0 Å². The van der Waals surface area contributed by atoms with Crippen molar-refractivity contribution in [1.29, 1.82) is 0 Å². The van der Waals surface area contributed by atoms with E-state index in [1.807, 2.05) is 39.8 Å². The molecule has 9 nitrogen and oxygen atoms in total. The van der Waals surface area contributed by atoms with Crippen LogP contribution in [0.25, 0.3) is 0 Å². The topological polar surface area (TPSA) is 97.0 Å². The van der Waals surface area contributed by atoms with Crippen LogP contribution in [-0.4, -0.2) is 67.5 Å². The Morgan fingerprint density at radius 3 is 2.50 bits per heavy atom. The van der Waals surface area contributed by atoms with Crippen molar-refractivity contribution >= 4 is 5.96 Å². The van der Waals surface area contributed by atoms with Crippen LogP contribution in [0.4, 0.5) is 0 Å². The second kappa shape index (κ2) is 11.3. The van der Waals surface area contributed by atoms with Gasteiger partial charge in [-0.25, -0.2) is 4.99 Å². The molecule has 0 aliphatic carbocycles. The molecule has 2 N–H and O–H groups in total. The Morgan fingerprint density at radius 1 is 1.19 bits per heavy atom. The third-order valence-corrected chi connectivity index (χ3v) is 5.28. The molecule has 2 heterocycles. The van der Waals surface area contributed by atoms with Gasteiger partial charge in [0, 0.05) is 31.6 Å². The second-order valence-corrected chi connectivity index (χ2v) is 8.78. The maximum atomic E-state index is 5.56. The zero-order valence-corrected chi connectivity index (χ0v) is 19.9. The Kier molecular flexibility index (Phi) is 8.46. The van der Waals surface area contributed by atoms with E-state index in [4.69, 9.17) is 14.0 Å². The highest BCUT2D eigenvalue weighted by Gasteiger charge is 2.24. The fraction of sp³-hybridized carbons (Fsp3) is 0.609. The number of hydrogen-bond acceptors (Lipinski definition) is 7. The quantitative estimate of drug-likeness (QED) is 0.474. The summed E-state index contributed by atoms with van der Waals surface area (Å²) >= 11 is 0. The summed E-state index contributed by atoms with van der Waals surface area (Å²) in [6, 6.07) is 8.44. The Bertz CT molecular complexity index is 853. The van der Waals surface area contributed by atoms with Crippen LogP contribution in [0.5, 0.6) is 5.75 Å². The van der Waals surface area contributed by atoms with Crippen LogP contribution in [0.2, 0.25) is 0 Å². The summed E-state index contributed by atoms with van der Waals surface area (Å²) in [6.45, 7) is 13.3. The van der Waals surface area contributed by atoms with Gasteiger partial charge < -0.3 is 24.6 Å². The van der Waals surface area contributed by atoms with E-state index in [1.165, 1.54) is 5.56 Å². The number of methoxy groups -OCH3 is 1. The van der Waals surface area contributed by atoms with Crippen LogP contribution in [0.1, 0.15) is 51.0 Å². The number of aromatic nitrogens is 2. The van der Waals surface area contributed by atoms with Gasteiger partial charge in [0.1, 0.15) is 12.3 Å². The highest BCUT2D eigenvalue weighted by atomic mass is 16.5. The van der Waals surface area contributed by atoms with Crippen LogP contribution in [0.3, 0.4) is 0 Å². The molecule has 0 radical (unpaired) electrons. The molecule has 2 aromatic rings. The SMILES string of the molecule is CCNC(=NCc1noc(C(C)(C)C)n1)NCC(c1ccc(OC)cc1)N1CCOCC1. The number of hydrogen-bond donors (Lipinski definition) is 2. The summed E-state index contributed by atoms with van der Waals surface area (Å²) in [5, 5.41) is 10.9. The van der Waals surface area contributed by atoms with Crippen LogP contribution in [0.15, 0.2) is 33.8 Å². The molecule has 0 bridgehead atoms. The lowest BCUT2D eigenvalue weighted by atomic mass is 9.97. The van der Waals surface area contributed by atoms with Crippen LogP contribution < -0.4 is 15.4 Å². The zero-order chi connectivity index (χ0) is 23.0. The fourth-order valence-electron chi connectivity index (χ4n) is 3.48. The number of rotatable bonds is 8. The van der Waals surface area contributed by atoms with Crippen molar-refractivity contribution in [2.75, 3.05) is 46.5 Å². The van der Waals surface area contributed by atoms with Gasteiger partial charge in [0.2, 0.25) is 5.89 Å². The highest BCUT2D eigenvalue weighted by molar-refractivity contribution is 5.79. The average Bonchev–Trinajstić information content (AvgIpc) is 3.28. The molecule has 1 unspecified atom stereocenters. The molecule has 0 spiro atoms. The standard InChI is InChI=1S/C23H36N6O3/c1-6-24-22(26-16-20-27-21(32-28-20)23(2,3)4)25-15-19(29-11-13-31-14-12-29)17-7-9-18(30-5)10-8-17/h7-10,19H,6,11-16H2,1-5H3,(H2,24,25,26). The van der Waals surface area contributed by atoms with E-state index in [-0.39, 0.29) is 11.5 Å². The molecule has 1 aliphatic heterocycles. The van der Waals surface area contributed by atoms with Gasteiger partial charge in [-0.05, 0) is 24.6 Å². The van der Waals surface area contributed by atoms with Crippen LogP contribution in [-0.2, 0) is 16.7 Å². The Morgan fingerprint density at radius 2 is 1.91 bits per heavy atom. The summed E-state index contributed by atoms with van der Waals surface area (Å²) in [6.07, 6.45) is 0. The molecule has 1 fully saturated rings. The summed E-state index contributed by atoms with van der Waals surface area (Å²) in [7, 11) is 1.68. The molecule has 32 heavy (non-hydrogen) atoms. The first-order valence-electron chi connectivity index (χ1n) is 11.2. The first-order valence-corrected chi connectivity index (χ1v) is 11.2. The molecule has 3 rings (SSSR count). The first-order chi connectivity index (χ1) is 15.4. The number of benzene rings is 1. The van der Waals surface area contributed by atoms with Gasteiger partial charge >= 0.3 is 0 Å². The molecule has 0 amide bonds. The molecular weight excluding hydrogens is 408 g/mol. The van der Waals surface area contributed by atoms with Gasteiger partial charge in [-0.15, -0.1) is 0 Å². The zero-order valence-electron chi connectivity index (χ0n) is 19.9. The third kappa shape index (κ3) is 6.67. The first kappa shape index (κ1) is 24.0. The van der Waals surface area contributed by atoms with Crippen molar-refractivity contribution in [3.8, 4) is 5.75 Å². The van der Waals surface area contributed by atoms with Crippen molar-refractivity contribution in [3.05, 3.63) is 41.5 Å². The fourth-order valence-corrected chi connectivity index (χ4v) is 3.48. The van der Waals surface area contributed by atoms with Crippen molar-refractivity contribution in [1.82, 2.24) is 25.7 Å². The Balaban J connectivity index is 1.70. The van der Waals surface area contributed by atoms with E-state index in [0.717, 1.165) is 44.6 Å². The summed E-state index contributed by atoms with van der Waals surface area (Å²) in [5.74, 6) is 2.77. The number of guanidine groups is 1. The lowest BCUT2D eigenvalue weighted by Gasteiger charge is -2.35. The van der Waals surface area contributed by atoms with Gasteiger partial charge in [0.15, 0.2) is 11.8 Å². The monoisotopic (exact) mass is 444 g/mol. The number of nitrogens with zero attached hydrogens (tertiary/aromatic N) is 4. The predicted octanol–water partition coefficient (Wildman–Crippen LogP) is 2.50. The van der Waals surface area contributed by atoms with Gasteiger partial charge in [0.05, 0.1) is 26.4 Å². The van der Waals surface area contributed by atoms with Gasteiger partial charge in [0.25, 0.3) is 0 Å². The van der Waals surface area contributed by atoms with Crippen molar-refractivity contribution < 1.29 is 14.0 Å². The molecule has 1 aromatic heterocycles. The van der Waals surface area contributed by atoms with E-state index < -0.39 is 0 Å². The number of morpholine rings is 1. The number of aliphatic imine (C=N–C) groups is 1. The molecule has 1 atom stereocenters. The lowest BCUT2D eigenvalue weighted by molar-refractivity contribution is 0.0170. The summed E-state index contributed by atoms with van der Waals surface area (Å²) in [4.78, 5) is 11.6. The van der Waals surface area contributed by atoms with E-state index in [2.05, 4.69) is 42.8 Å². The normalized spacial score (nSPS) is 16.6. The highest BCUT2D eigenvalue weighted by Crippen LogP contribution is 2.24. The third-order valence-electron chi connectivity index (χ3n) is 5.28. The molecule has 9 heteroatoms. The van der Waals surface area contributed by atoms with E-state index in [0.29, 0.717) is 24.8 Å². The summed E-state index contributed by atoms with van der Waals surface area (Å²) < 4.78 is 16.3. The Labute approximate surface area is 190 Å². The maximum Gasteiger partial charge on any atom is 0.232 e. The molecule has 1 aliphatic rings. The van der Waals surface area contributed by atoms with Crippen LogP contribution in [0, 0.1) is 0 Å². The minimum Gasteiger partial charge on any atom is -0.497 e. The van der Waals surface area contributed by atoms with Gasteiger partial charge in [-0.3, -0.25) is 4.90 Å². The number of ether oxygens (including phenoxy) is 2. The second-order valence-electron chi connectivity index (χ2n) is 8.78. The van der Waals surface area contributed by atoms with E-state index in [9.17, 15) is 0 Å². The van der Waals surface area contributed by atoms with Gasteiger partial charge in [-0.1, -0.05) is 38.1 Å². The lowest BCUT2D eigenvalue weighted by Crippen LogP contribution is -2.46. The number of nitrogens with one attached hydrogen (secondary N) is 2. The minimum absolute atomic E-state index is 0.179. The molecule has 1 saturated heterocycles. The largest absolute Gasteiger partial charge is 0.497 e. The molecule has 1 aromatic carbocycles. The Hall–Kier alpha value is -2.65. The van der Waals surface area contributed by atoms with Crippen molar-refractivity contribution in [2.24, 2.45) is 4.99 Å². The smallest absolute Gasteiger partial charge is 0.232 e. The van der Waals surface area contributed by atoms with Crippen molar-refractivity contribution in [3.63, 3.8) is 0 Å². The van der Waals surface area contributed by atoms with E-state index in [1.54, 1.807) is 7.11 Å². The predicted molar refractivity (Wildman–Crippen MR) is 124 cm³/mol. The molecule has 0 saturated carbocycles. The van der Waals surface area contributed by atoms with Crippen molar-refractivity contribution in [2.45, 2.75) is 45.7 Å². The van der Waals surface area contributed by atoms with E-state index >= 15 is 0 Å². The molecule has 176 valence electrons. The van der Waals surface area contributed by atoms with Gasteiger partial charge in [-0.2, -0.15) is 4.98 Å².